The predicted octanol–water partition coefficient (Wildman–Crippen LogP) is 3.01. The summed E-state index contributed by atoms with van der Waals surface area (Å²) in [6.07, 6.45) is 0. The molecule has 0 spiro atoms. The topological polar surface area (TPSA) is 84.9 Å². The molecule has 0 aliphatic carbocycles. The third-order valence-corrected chi connectivity index (χ3v) is 6.32. The van der Waals surface area contributed by atoms with Gasteiger partial charge in [-0.3, -0.25) is 4.79 Å². The highest BCUT2D eigenvalue weighted by Gasteiger charge is 2.27. The lowest BCUT2D eigenvalue weighted by Gasteiger charge is -2.26. The Morgan fingerprint density at radius 1 is 1.21 bits per heavy atom. The minimum absolute atomic E-state index is 0.0826. The second-order valence-electron chi connectivity index (χ2n) is 6.07. The second kappa shape index (κ2) is 8.91. The molecule has 1 fully saturated rings. The van der Waals surface area contributed by atoms with Gasteiger partial charge in [0.2, 0.25) is 10.0 Å². The normalized spacial score (nSPS) is 15.2. The van der Waals surface area contributed by atoms with E-state index in [9.17, 15) is 13.2 Å². The second-order valence-corrected chi connectivity index (χ2v) is 8.45. The van der Waals surface area contributed by atoms with Crippen molar-refractivity contribution in [1.29, 1.82) is 0 Å². The molecule has 1 aliphatic heterocycles. The summed E-state index contributed by atoms with van der Waals surface area (Å²) in [5.74, 6) is -0.0248. The average molecular weight is 425 g/mol. The molecule has 3 rings (SSSR count). The number of hydrogen-bond donors (Lipinski definition) is 1. The first kappa shape index (κ1) is 20.6. The molecule has 0 saturated carbocycles. The van der Waals surface area contributed by atoms with Gasteiger partial charge in [0.05, 0.1) is 30.4 Å². The monoisotopic (exact) mass is 424 g/mol. The molecule has 1 N–H and O–H groups in total. The van der Waals surface area contributed by atoms with Crippen LogP contribution in [0.3, 0.4) is 0 Å². The molecule has 0 aromatic heterocycles. The van der Waals surface area contributed by atoms with Gasteiger partial charge in [0, 0.05) is 23.7 Å². The minimum Gasteiger partial charge on any atom is -0.492 e. The van der Waals surface area contributed by atoms with Gasteiger partial charge in [-0.25, -0.2) is 8.42 Å². The Balaban J connectivity index is 1.92. The van der Waals surface area contributed by atoms with Crippen molar-refractivity contribution in [3.63, 3.8) is 0 Å². The molecule has 2 aromatic rings. The van der Waals surface area contributed by atoms with Gasteiger partial charge in [-0.2, -0.15) is 4.31 Å². The number of nitrogens with one attached hydrogen (secondary N) is 1. The van der Waals surface area contributed by atoms with Crippen LogP contribution in [0.2, 0.25) is 5.02 Å². The zero-order valence-corrected chi connectivity index (χ0v) is 16.9. The molecule has 1 heterocycles. The minimum atomic E-state index is -3.70. The van der Waals surface area contributed by atoms with Crippen molar-refractivity contribution in [2.45, 2.75) is 11.8 Å². The first-order valence-corrected chi connectivity index (χ1v) is 10.7. The van der Waals surface area contributed by atoms with Crippen molar-refractivity contribution in [1.82, 2.24) is 4.31 Å². The average Bonchev–Trinajstić information content (AvgIpc) is 2.70. The lowest BCUT2D eigenvalue weighted by atomic mass is 10.2. The number of halogens is 1. The van der Waals surface area contributed by atoms with Crippen molar-refractivity contribution in [3.05, 3.63) is 53.1 Å². The summed E-state index contributed by atoms with van der Waals surface area (Å²) in [7, 11) is -3.70. The highest BCUT2D eigenvalue weighted by atomic mass is 35.5. The Hall–Kier alpha value is -2.13. The number of rotatable bonds is 6. The zero-order chi connectivity index (χ0) is 20.1. The molecule has 0 bridgehead atoms. The third-order valence-electron chi connectivity index (χ3n) is 4.19. The van der Waals surface area contributed by atoms with Crippen LogP contribution in [0.1, 0.15) is 17.3 Å². The largest absolute Gasteiger partial charge is 0.492 e. The van der Waals surface area contributed by atoms with E-state index in [0.29, 0.717) is 49.2 Å². The van der Waals surface area contributed by atoms with Crippen molar-refractivity contribution in [2.24, 2.45) is 0 Å². The summed E-state index contributed by atoms with van der Waals surface area (Å²) >= 11 is 5.94. The SMILES string of the molecule is CCOc1ccc(S(=O)(=O)N2CCOCC2)cc1NC(=O)c1cccc(Cl)c1. The maximum Gasteiger partial charge on any atom is 0.255 e. The number of hydrogen-bond acceptors (Lipinski definition) is 5. The predicted molar refractivity (Wildman–Crippen MR) is 107 cm³/mol. The summed E-state index contributed by atoms with van der Waals surface area (Å²) in [6.45, 7) is 3.47. The lowest BCUT2D eigenvalue weighted by molar-refractivity contribution is 0.0730. The van der Waals surface area contributed by atoms with Crippen LogP contribution in [0.5, 0.6) is 5.75 Å². The highest BCUT2D eigenvalue weighted by Crippen LogP contribution is 2.30. The van der Waals surface area contributed by atoms with Crippen LogP contribution in [0, 0.1) is 0 Å². The summed E-state index contributed by atoms with van der Waals surface area (Å²) in [5.41, 5.74) is 0.637. The van der Waals surface area contributed by atoms with E-state index in [-0.39, 0.29) is 10.6 Å². The molecular weight excluding hydrogens is 404 g/mol. The number of nitrogens with zero attached hydrogens (tertiary/aromatic N) is 1. The van der Waals surface area contributed by atoms with Gasteiger partial charge in [0.25, 0.3) is 5.91 Å². The van der Waals surface area contributed by atoms with E-state index >= 15 is 0 Å². The van der Waals surface area contributed by atoms with Crippen LogP contribution in [-0.4, -0.2) is 51.5 Å². The van der Waals surface area contributed by atoms with Crippen molar-refractivity contribution < 1.29 is 22.7 Å². The molecule has 0 atom stereocenters. The van der Waals surface area contributed by atoms with Crippen LogP contribution in [0.15, 0.2) is 47.4 Å². The standard InChI is InChI=1S/C19H21ClN2O5S/c1-2-27-18-7-6-16(28(24,25)22-8-10-26-11-9-22)13-17(18)21-19(23)14-4-3-5-15(20)12-14/h3-7,12-13H,2,8-11H2,1H3,(H,21,23). The fourth-order valence-corrected chi connectivity index (χ4v) is 4.43. The maximum atomic E-state index is 12.9. The van der Waals surface area contributed by atoms with Gasteiger partial charge < -0.3 is 14.8 Å². The zero-order valence-electron chi connectivity index (χ0n) is 15.4. The molecule has 1 saturated heterocycles. The summed E-state index contributed by atoms with van der Waals surface area (Å²) < 4.78 is 38.0. The smallest absolute Gasteiger partial charge is 0.255 e. The Morgan fingerprint density at radius 3 is 2.64 bits per heavy atom. The van der Waals surface area contributed by atoms with Gasteiger partial charge in [-0.05, 0) is 43.3 Å². The van der Waals surface area contributed by atoms with E-state index < -0.39 is 15.9 Å². The molecule has 1 aliphatic rings. The number of anilines is 1. The molecule has 150 valence electrons. The maximum absolute atomic E-state index is 12.9. The number of sulfonamides is 1. The molecular formula is C19H21ClN2O5S. The first-order valence-electron chi connectivity index (χ1n) is 8.83. The number of amides is 1. The summed E-state index contributed by atoms with van der Waals surface area (Å²) in [4.78, 5) is 12.7. The van der Waals surface area contributed by atoms with Gasteiger partial charge >= 0.3 is 0 Å². The molecule has 2 aromatic carbocycles. The fraction of sp³-hybridized carbons (Fsp3) is 0.316. The number of benzene rings is 2. The van der Waals surface area contributed by atoms with Gasteiger partial charge in [-0.15, -0.1) is 0 Å². The molecule has 9 heteroatoms. The molecule has 0 radical (unpaired) electrons. The van der Waals surface area contributed by atoms with Crippen LogP contribution in [-0.2, 0) is 14.8 Å². The quantitative estimate of drug-likeness (QED) is 0.770. The number of ether oxygens (including phenoxy) is 2. The number of carbonyl (C=O) groups excluding carboxylic acids is 1. The summed E-state index contributed by atoms with van der Waals surface area (Å²) in [6, 6.07) is 10.9. The van der Waals surface area contributed by atoms with Crippen molar-refractivity contribution >= 4 is 33.2 Å². The van der Waals surface area contributed by atoms with E-state index in [2.05, 4.69) is 5.32 Å². The van der Waals surface area contributed by atoms with E-state index in [1.54, 1.807) is 31.2 Å². The van der Waals surface area contributed by atoms with Gasteiger partial charge in [0.15, 0.2) is 0 Å². The summed E-state index contributed by atoms with van der Waals surface area (Å²) in [5, 5.41) is 3.16. The highest BCUT2D eigenvalue weighted by molar-refractivity contribution is 7.89. The Morgan fingerprint density at radius 2 is 1.96 bits per heavy atom. The number of morpholine rings is 1. The lowest BCUT2D eigenvalue weighted by Crippen LogP contribution is -2.40. The Kier molecular flexibility index (Phi) is 6.56. The van der Waals surface area contributed by atoms with Gasteiger partial charge in [0.1, 0.15) is 5.75 Å². The fourth-order valence-electron chi connectivity index (χ4n) is 2.81. The number of carbonyl (C=O) groups is 1. The molecule has 7 nitrogen and oxygen atoms in total. The molecule has 0 unspecified atom stereocenters. The van der Waals surface area contributed by atoms with Crippen LogP contribution < -0.4 is 10.1 Å². The van der Waals surface area contributed by atoms with Crippen LogP contribution in [0.25, 0.3) is 0 Å². The van der Waals surface area contributed by atoms with E-state index in [1.807, 2.05) is 0 Å². The molecule has 28 heavy (non-hydrogen) atoms. The molecule has 1 amide bonds. The van der Waals surface area contributed by atoms with E-state index in [0.717, 1.165) is 0 Å². The van der Waals surface area contributed by atoms with E-state index in [4.69, 9.17) is 21.1 Å². The Bertz CT molecular complexity index is 959. The van der Waals surface area contributed by atoms with Crippen molar-refractivity contribution in [2.75, 3.05) is 38.2 Å². The first-order chi connectivity index (χ1) is 13.4. The Labute approximate surface area is 169 Å². The van der Waals surface area contributed by atoms with Crippen LogP contribution in [0.4, 0.5) is 5.69 Å². The third kappa shape index (κ3) is 4.64. The van der Waals surface area contributed by atoms with Crippen LogP contribution >= 0.6 is 11.6 Å². The van der Waals surface area contributed by atoms with Crippen molar-refractivity contribution in [3.8, 4) is 5.75 Å². The van der Waals surface area contributed by atoms with Gasteiger partial charge in [-0.1, -0.05) is 17.7 Å². The van der Waals surface area contributed by atoms with E-state index in [1.165, 1.54) is 22.5 Å².